The van der Waals surface area contributed by atoms with Crippen molar-refractivity contribution in [2.75, 3.05) is 14.2 Å². The van der Waals surface area contributed by atoms with Crippen LogP contribution in [-0.4, -0.2) is 14.2 Å². The summed E-state index contributed by atoms with van der Waals surface area (Å²) in [6, 6.07) is 31.9. The number of hydrogen-bond donors (Lipinski definition) is 0. The summed E-state index contributed by atoms with van der Waals surface area (Å²) in [7, 11) is 3.50. The van der Waals surface area contributed by atoms with Crippen molar-refractivity contribution in [3.05, 3.63) is 118 Å². The maximum Gasteiger partial charge on any atom is -1.00 e. The van der Waals surface area contributed by atoms with Gasteiger partial charge in [0.25, 0.3) is 0 Å². The Labute approximate surface area is 322 Å². The molecule has 0 aromatic heterocycles. The van der Waals surface area contributed by atoms with Crippen LogP contribution in [0.3, 0.4) is 0 Å². The smallest absolute Gasteiger partial charge is 1.00 e. The van der Waals surface area contributed by atoms with Crippen LogP contribution in [0.15, 0.2) is 96.1 Å². The molecule has 266 valence electrons. The summed E-state index contributed by atoms with van der Waals surface area (Å²) in [5.41, 5.74) is 15.1. The second-order valence-corrected chi connectivity index (χ2v) is 24.4. The number of benzene rings is 4. The maximum atomic E-state index is 5.54. The van der Waals surface area contributed by atoms with Crippen molar-refractivity contribution < 1.29 is 50.9 Å². The van der Waals surface area contributed by atoms with Crippen molar-refractivity contribution in [2.45, 2.75) is 84.1 Å². The van der Waals surface area contributed by atoms with Gasteiger partial charge in [0.2, 0.25) is 0 Å². The number of ether oxygens (including phenoxy) is 2. The molecular formula is C46H52Cl2O2Ti. The van der Waals surface area contributed by atoms with Gasteiger partial charge < -0.3 is 24.8 Å². The second kappa shape index (κ2) is 13.9. The van der Waals surface area contributed by atoms with Crippen molar-refractivity contribution in [3.63, 3.8) is 0 Å². The molecule has 4 unspecified atom stereocenters. The molecular weight excluding hydrogens is 703 g/mol. The van der Waals surface area contributed by atoms with Crippen LogP contribution in [0.5, 0.6) is 11.5 Å². The van der Waals surface area contributed by atoms with Gasteiger partial charge in [0.05, 0.1) is 0 Å². The number of fused-ring (bicyclic) bond motifs is 3. The predicted octanol–water partition coefficient (Wildman–Crippen LogP) is 7.03. The number of hydrogen-bond acceptors (Lipinski definition) is 2. The van der Waals surface area contributed by atoms with Crippen LogP contribution in [0.25, 0.3) is 34.4 Å². The van der Waals surface area contributed by atoms with E-state index >= 15 is 0 Å². The number of halogens is 2. The molecule has 3 aliphatic carbocycles. The minimum atomic E-state index is -2.86. The average molecular weight is 756 g/mol. The second-order valence-electron chi connectivity index (χ2n) is 17.1. The normalized spacial score (nSPS) is 23.3. The van der Waals surface area contributed by atoms with Gasteiger partial charge in [0.15, 0.2) is 0 Å². The van der Waals surface area contributed by atoms with E-state index in [1.165, 1.54) is 59.1 Å². The molecule has 1 saturated carbocycles. The fraction of sp³-hybridized carbons (Fsp3) is 0.391. The number of methoxy groups -OCH3 is 2. The molecule has 8 rings (SSSR count). The van der Waals surface area contributed by atoms with Crippen molar-refractivity contribution in [2.24, 2.45) is 10.8 Å². The zero-order valence-electron chi connectivity index (χ0n) is 31.4. The summed E-state index contributed by atoms with van der Waals surface area (Å²) >= 11 is -2.86. The first kappa shape index (κ1) is 38.0. The van der Waals surface area contributed by atoms with Gasteiger partial charge in [-0.05, 0) is 0 Å². The summed E-state index contributed by atoms with van der Waals surface area (Å²) < 4.78 is 14.0. The fourth-order valence-corrected chi connectivity index (χ4v) is 25.2. The minimum Gasteiger partial charge on any atom is -1.00 e. The van der Waals surface area contributed by atoms with Gasteiger partial charge in [-0.15, -0.1) is 0 Å². The Morgan fingerprint density at radius 3 is 1.24 bits per heavy atom. The van der Waals surface area contributed by atoms with Gasteiger partial charge >= 0.3 is 299 Å². The van der Waals surface area contributed by atoms with Crippen LogP contribution >= 0.6 is 0 Å². The van der Waals surface area contributed by atoms with E-state index in [9.17, 15) is 0 Å². The summed E-state index contributed by atoms with van der Waals surface area (Å²) in [5, 5.41) is 0. The van der Waals surface area contributed by atoms with Crippen molar-refractivity contribution in [1.29, 1.82) is 0 Å². The van der Waals surface area contributed by atoms with E-state index in [0.717, 1.165) is 19.9 Å². The first-order valence-electron chi connectivity index (χ1n) is 18.5. The van der Waals surface area contributed by atoms with Crippen LogP contribution in [0.4, 0.5) is 0 Å². The minimum absolute atomic E-state index is 0. The molecule has 4 aliphatic rings. The number of rotatable bonds is 6. The molecule has 0 spiro atoms. The van der Waals surface area contributed by atoms with Crippen LogP contribution in [0.1, 0.15) is 97.9 Å². The maximum absolute atomic E-state index is 5.54. The summed E-state index contributed by atoms with van der Waals surface area (Å²) in [6.07, 6.45) is 11.0. The van der Waals surface area contributed by atoms with Crippen molar-refractivity contribution in [1.82, 2.24) is 0 Å². The third kappa shape index (κ3) is 6.07. The Kier molecular flexibility index (Phi) is 10.4. The molecule has 1 saturated heterocycles. The Morgan fingerprint density at radius 1 is 0.529 bits per heavy atom. The predicted molar refractivity (Wildman–Crippen MR) is 203 cm³/mol. The van der Waals surface area contributed by atoms with Gasteiger partial charge in [-0.2, -0.15) is 0 Å². The molecule has 4 aromatic carbocycles. The molecule has 1 heterocycles. The molecule has 4 atom stereocenters. The monoisotopic (exact) mass is 754 g/mol. The number of allylic oxidation sites excluding steroid dienone is 2. The zero-order valence-corrected chi connectivity index (χ0v) is 34.5. The van der Waals surface area contributed by atoms with E-state index in [0.29, 0.717) is 8.45 Å². The molecule has 0 N–H and O–H groups in total. The Hall–Kier alpha value is -2.75. The van der Waals surface area contributed by atoms with Gasteiger partial charge in [0.1, 0.15) is 0 Å². The van der Waals surface area contributed by atoms with Gasteiger partial charge in [0, 0.05) is 0 Å². The first-order chi connectivity index (χ1) is 23.5. The molecule has 0 radical (unpaired) electrons. The van der Waals surface area contributed by atoms with Crippen molar-refractivity contribution in [3.8, 4) is 33.8 Å². The molecule has 0 amide bonds. The molecule has 0 bridgehead atoms. The quantitative estimate of drug-likeness (QED) is 0.197. The molecule has 2 fully saturated rings. The SMILES string of the molecule is COc1ccc(-c2cccc3c2C=C(C(C)(C)C)[CH]3[Ti+2]2([CH]3C(C(C)(C)C)=Cc4c(-c5ccc(OC)cc5)cccc43)[CH]3CCCC[CH]32)cc1.[Cl-].[Cl-]. The van der Waals surface area contributed by atoms with E-state index in [4.69, 9.17) is 9.47 Å². The summed E-state index contributed by atoms with van der Waals surface area (Å²) in [5.74, 6) is 1.82. The fourth-order valence-electron chi connectivity index (χ4n) is 10.5. The largest absolute Gasteiger partial charge is 1.00 e. The standard InChI is InChI=1S/2C20H21O.C6H10.2ClH.Ti/c2*1-20(2,3)16-12-15-6-5-7-18(19(15)13-16)14-8-10-17(21-4)11-9-14;1-2-4-6-5-3-1;;;/h2*5-13H,1-4H3;1-2H,3-6H2;2*1H;/q;;;;;+2/p-2. The average Bonchev–Trinajstić information content (AvgIpc) is 3.36. The van der Waals surface area contributed by atoms with Gasteiger partial charge in [-0.3, -0.25) is 0 Å². The van der Waals surface area contributed by atoms with Gasteiger partial charge in [-0.25, -0.2) is 0 Å². The topological polar surface area (TPSA) is 18.5 Å². The molecule has 4 aromatic rings. The zero-order chi connectivity index (χ0) is 34.3. The van der Waals surface area contributed by atoms with E-state index < -0.39 is 16.6 Å². The van der Waals surface area contributed by atoms with E-state index in [2.05, 4.69) is 139 Å². The molecule has 51 heavy (non-hydrogen) atoms. The molecule has 5 heteroatoms. The van der Waals surface area contributed by atoms with Crippen LogP contribution in [0.2, 0.25) is 8.45 Å². The van der Waals surface area contributed by atoms with Gasteiger partial charge in [-0.1, -0.05) is 0 Å². The molecule has 1 aliphatic heterocycles. The summed E-state index contributed by atoms with van der Waals surface area (Å²) in [4.78, 5) is 0. The summed E-state index contributed by atoms with van der Waals surface area (Å²) in [6.45, 7) is 14.9. The third-order valence-corrected chi connectivity index (χ3v) is 23.2. The van der Waals surface area contributed by atoms with Crippen LogP contribution < -0.4 is 34.3 Å². The first-order valence-corrected chi connectivity index (χ1v) is 22.1. The van der Waals surface area contributed by atoms with E-state index in [-0.39, 0.29) is 35.6 Å². The Bertz CT molecular complexity index is 1830. The Morgan fingerprint density at radius 2 is 0.902 bits per heavy atom. The van der Waals surface area contributed by atoms with E-state index in [1.54, 1.807) is 36.5 Å². The Balaban J connectivity index is 0.00000224. The third-order valence-electron chi connectivity index (χ3n) is 12.6. The molecule has 2 nitrogen and oxygen atoms in total. The van der Waals surface area contributed by atoms with Crippen LogP contribution in [0, 0.1) is 10.8 Å². The van der Waals surface area contributed by atoms with Crippen molar-refractivity contribution >= 4 is 12.2 Å². The van der Waals surface area contributed by atoms with E-state index in [1.807, 2.05) is 0 Å². The van der Waals surface area contributed by atoms with Crippen LogP contribution in [-0.2, 0) is 16.6 Å².